The van der Waals surface area contributed by atoms with Crippen molar-refractivity contribution in [3.8, 4) is 11.5 Å². The van der Waals surface area contributed by atoms with Crippen LogP contribution in [0.15, 0.2) is 53.4 Å². The molecule has 1 heterocycles. The molecule has 0 radical (unpaired) electrons. The van der Waals surface area contributed by atoms with E-state index in [2.05, 4.69) is 10.1 Å². The van der Waals surface area contributed by atoms with E-state index in [0.29, 0.717) is 33.1 Å². The number of hydrogen-bond acceptors (Lipinski definition) is 6. The number of methoxy groups -OCH3 is 1. The van der Waals surface area contributed by atoms with Crippen molar-refractivity contribution < 1.29 is 24.8 Å². The SMILES string of the molecule is COC(=O)Nc1ccc(Oc2ccc(S(O)(O)CC3CS3)cc2)cc1.[HH]. The maximum Gasteiger partial charge on any atom is 0.411 e. The van der Waals surface area contributed by atoms with Crippen LogP contribution in [0.4, 0.5) is 10.5 Å². The Bertz CT molecular complexity index is 736. The van der Waals surface area contributed by atoms with Gasteiger partial charge in [-0.1, -0.05) is 0 Å². The van der Waals surface area contributed by atoms with Gasteiger partial charge in [0.25, 0.3) is 0 Å². The zero-order chi connectivity index (χ0) is 17.9. The van der Waals surface area contributed by atoms with Gasteiger partial charge in [-0.05, 0) is 48.5 Å². The Morgan fingerprint density at radius 1 is 1.20 bits per heavy atom. The quantitative estimate of drug-likeness (QED) is 0.600. The lowest BCUT2D eigenvalue weighted by Crippen LogP contribution is -2.10. The van der Waals surface area contributed by atoms with Crippen LogP contribution in [0.3, 0.4) is 0 Å². The van der Waals surface area contributed by atoms with E-state index in [-0.39, 0.29) is 1.43 Å². The van der Waals surface area contributed by atoms with Gasteiger partial charge in [-0.3, -0.25) is 14.4 Å². The number of ether oxygens (including phenoxy) is 2. The monoisotopic (exact) mass is 383 g/mol. The van der Waals surface area contributed by atoms with Crippen LogP contribution in [-0.4, -0.2) is 39.1 Å². The Labute approximate surface area is 153 Å². The molecule has 25 heavy (non-hydrogen) atoms. The van der Waals surface area contributed by atoms with E-state index in [0.717, 1.165) is 5.75 Å². The Morgan fingerprint density at radius 2 is 1.76 bits per heavy atom. The molecule has 2 aromatic rings. The summed E-state index contributed by atoms with van der Waals surface area (Å²) in [5.41, 5.74) is 0.599. The third-order valence-electron chi connectivity index (χ3n) is 3.54. The standard InChI is InChI=1S/C17H19NO5S2.H2/c1-22-17(19)18-12-2-4-13(5-3-12)23-14-6-8-16(9-7-14)25(20,21)11-15-10-24-15;/h2-9,15,20-21H,10-11H2,1H3,(H,18,19);1H. The zero-order valence-electron chi connectivity index (χ0n) is 13.5. The number of amides is 1. The Kier molecular flexibility index (Phi) is 5.43. The van der Waals surface area contributed by atoms with Crippen molar-refractivity contribution in [1.82, 2.24) is 0 Å². The summed E-state index contributed by atoms with van der Waals surface area (Å²) in [7, 11) is -1.43. The summed E-state index contributed by atoms with van der Waals surface area (Å²) in [5, 5.41) is 2.92. The maximum atomic E-state index is 11.1. The second kappa shape index (κ2) is 7.57. The number of carbonyl (C=O) groups is 1. The van der Waals surface area contributed by atoms with E-state index in [1.165, 1.54) is 7.11 Å². The number of rotatable bonds is 6. The lowest BCUT2D eigenvalue weighted by Gasteiger charge is -2.32. The average molecular weight is 383 g/mol. The summed E-state index contributed by atoms with van der Waals surface area (Å²) < 4.78 is 30.7. The van der Waals surface area contributed by atoms with Crippen LogP contribution in [-0.2, 0) is 4.74 Å². The van der Waals surface area contributed by atoms with E-state index < -0.39 is 16.7 Å². The molecular weight excluding hydrogens is 362 g/mol. The van der Waals surface area contributed by atoms with Gasteiger partial charge in [-0.15, -0.1) is 0 Å². The third kappa shape index (κ3) is 5.05. The largest absolute Gasteiger partial charge is 0.457 e. The summed E-state index contributed by atoms with van der Waals surface area (Å²) in [6.07, 6.45) is -0.534. The van der Waals surface area contributed by atoms with Crippen molar-refractivity contribution in [2.24, 2.45) is 0 Å². The maximum absolute atomic E-state index is 11.1. The fraction of sp³-hybridized carbons (Fsp3) is 0.235. The molecule has 1 fully saturated rings. The molecular formula is C17H21NO5S2. The average Bonchev–Trinajstić information content (AvgIpc) is 3.40. The molecule has 1 atom stereocenters. The molecule has 1 saturated heterocycles. The Morgan fingerprint density at radius 3 is 2.28 bits per heavy atom. The predicted octanol–water partition coefficient (Wildman–Crippen LogP) is 5.13. The lowest BCUT2D eigenvalue weighted by molar-refractivity contribution is 0.187. The van der Waals surface area contributed by atoms with E-state index in [9.17, 15) is 13.9 Å². The van der Waals surface area contributed by atoms with Crippen molar-refractivity contribution in [3.63, 3.8) is 0 Å². The van der Waals surface area contributed by atoms with Crippen LogP contribution in [0.25, 0.3) is 0 Å². The van der Waals surface area contributed by atoms with Crippen LogP contribution >= 0.6 is 22.4 Å². The van der Waals surface area contributed by atoms with Crippen LogP contribution in [0, 0.1) is 0 Å². The number of carbonyl (C=O) groups excluding carboxylic acids is 1. The fourth-order valence-corrected chi connectivity index (χ4v) is 4.91. The molecule has 0 saturated carbocycles. The number of benzene rings is 2. The second-order valence-corrected chi connectivity index (χ2v) is 8.97. The summed E-state index contributed by atoms with van der Waals surface area (Å²) in [4.78, 5) is 11.7. The summed E-state index contributed by atoms with van der Waals surface area (Å²) in [6, 6.07) is 13.6. The van der Waals surface area contributed by atoms with Crippen molar-refractivity contribution in [3.05, 3.63) is 48.5 Å². The molecule has 2 aromatic carbocycles. The topological polar surface area (TPSA) is 88.0 Å². The molecule has 1 amide bonds. The normalized spacial score (nSPS) is 16.8. The molecule has 1 aliphatic heterocycles. The molecule has 1 unspecified atom stereocenters. The minimum absolute atomic E-state index is 0. The first kappa shape index (κ1) is 17.9. The van der Waals surface area contributed by atoms with Gasteiger partial charge >= 0.3 is 6.09 Å². The first-order valence-electron chi connectivity index (χ1n) is 7.57. The van der Waals surface area contributed by atoms with E-state index in [1.54, 1.807) is 60.3 Å². The minimum Gasteiger partial charge on any atom is -0.457 e. The number of anilines is 1. The highest BCUT2D eigenvalue weighted by Gasteiger charge is 2.30. The molecule has 6 nitrogen and oxygen atoms in total. The summed E-state index contributed by atoms with van der Waals surface area (Å²) in [6.45, 7) is 0. The van der Waals surface area contributed by atoms with E-state index >= 15 is 0 Å². The number of hydrogen-bond donors (Lipinski definition) is 3. The van der Waals surface area contributed by atoms with Gasteiger partial charge in [0.2, 0.25) is 0 Å². The predicted molar refractivity (Wildman–Crippen MR) is 103 cm³/mol. The fourth-order valence-electron chi connectivity index (χ4n) is 2.16. The second-order valence-electron chi connectivity index (χ2n) is 5.50. The summed E-state index contributed by atoms with van der Waals surface area (Å²) >= 11 is 1.74. The van der Waals surface area contributed by atoms with E-state index in [4.69, 9.17) is 4.74 Å². The van der Waals surface area contributed by atoms with E-state index in [1.807, 2.05) is 0 Å². The highest BCUT2D eigenvalue weighted by atomic mass is 32.3. The summed E-state index contributed by atoms with van der Waals surface area (Å²) in [5.74, 6) is 2.60. The minimum atomic E-state index is -2.73. The van der Waals surface area contributed by atoms with Gasteiger partial charge < -0.3 is 9.47 Å². The highest BCUT2D eigenvalue weighted by Crippen LogP contribution is 2.53. The Balaban J connectivity index is 0.00000243. The van der Waals surface area contributed by atoms with Crippen molar-refractivity contribution in [2.45, 2.75) is 10.1 Å². The van der Waals surface area contributed by atoms with Gasteiger partial charge in [-0.25, -0.2) is 4.79 Å². The smallest absolute Gasteiger partial charge is 0.411 e. The zero-order valence-corrected chi connectivity index (χ0v) is 15.2. The molecule has 0 bridgehead atoms. The van der Waals surface area contributed by atoms with Gasteiger partial charge in [0.1, 0.15) is 11.5 Å². The highest BCUT2D eigenvalue weighted by molar-refractivity contribution is 8.25. The van der Waals surface area contributed by atoms with Crippen molar-refractivity contribution in [1.29, 1.82) is 0 Å². The van der Waals surface area contributed by atoms with Crippen LogP contribution < -0.4 is 10.1 Å². The molecule has 3 N–H and O–H groups in total. The molecule has 0 aliphatic carbocycles. The van der Waals surface area contributed by atoms with Gasteiger partial charge in [0.15, 0.2) is 0 Å². The number of nitrogens with one attached hydrogen (secondary N) is 1. The molecule has 1 aliphatic rings. The molecule has 136 valence electrons. The van der Waals surface area contributed by atoms with Gasteiger partial charge in [-0.2, -0.15) is 22.4 Å². The molecule has 8 heteroatoms. The number of thioether (sulfide) groups is 1. The van der Waals surface area contributed by atoms with Crippen LogP contribution in [0.2, 0.25) is 0 Å². The molecule has 3 rings (SSSR count). The molecule has 0 spiro atoms. The first-order valence-corrected chi connectivity index (χ1v) is 10.3. The lowest BCUT2D eigenvalue weighted by atomic mass is 10.3. The van der Waals surface area contributed by atoms with Crippen molar-refractivity contribution >= 4 is 34.1 Å². The van der Waals surface area contributed by atoms with Gasteiger partial charge in [0, 0.05) is 18.1 Å². The molecule has 0 aromatic heterocycles. The van der Waals surface area contributed by atoms with Crippen LogP contribution in [0.1, 0.15) is 1.43 Å². The van der Waals surface area contributed by atoms with Crippen LogP contribution in [0.5, 0.6) is 11.5 Å². The third-order valence-corrected chi connectivity index (χ3v) is 6.62. The Hall–Kier alpha value is -1.87. The first-order chi connectivity index (χ1) is 12.0. The van der Waals surface area contributed by atoms with Gasteiger partial charge in [0.05, 0.1) is 17.8 Å². The van der Waals surface area contributed by atoms with Crippen molar-refractivity contribution in [2.75, 3.05) is 23.9 Å².